The van der Waals surface area contributed by atoms with Crippen LogP contribution in [0, 0.1) is 5.92 Å². The standard InChI is InChI=1S/C14H17ClO2/c15-10-5-3-4-9(8-10)13-11-6-1-2-7-12(11)17-14(13)16/h3-5,8,11-14,16H,1-2,6-7H2/t11-,12+,13+,14+/m0/s1. The minimum absolute atomic E-state index is 0.0963. The van der Waals surface area contributed by atoms with Gasteiger partial charge in [-0.25, -0.2) is 0 Å². The molecule has 1 aliphatic heterocycles. The van der Waals surface area contributed by atoms with Crippen molar-refractivity contribution in [3.05, 3.63) is 34.9 Å². The SMILES string of the molecule is O[C@@H]1O[C@@H]2CCCC[C@@H]2[C@H]1c1cccc(Cl)c1. The monoisotopic (exact) mass is 252 g/mol. The summed E-state index contributed by atoms with van der Waals surface area (Å²) >= 11 is 6.02. The number of hydrogen-bond acceptors (Lipinski definition) is 2. The summed E-state index contributed by atoms with van der Waals surface area (Å²) in [5, 5.41) is 10.8. The highest BCUT2D eigenvalue weighted by Gasteiger charge is 2.45. The van der Waals surface area contributed by atoms with Gasteiger partial charge in [0.05, 0.1) is 6.10 Å². The largest absolute Gasteiger partial charge is 0.367 e. The van der Waals surface area contributed by atoms with Crippen molar-refractivity contribution in [3.8, 4) is 0 Å². The van der Waals surface area contributed by atoms with E-state index in [0.29, 0.717) is 5.92 Å². The van der Waals surface area contributed by atoms with Gasteiger partial charge in [0.2, 0.25) is 0 Å². The second kappa shape index (κ2) is 4.60. The van der Waals surface area contributed by atoms with Gasteiger partial charge in [-0.05, 0) is 36.5 Å². The summed E-state index contributed by atoms with van der Waals surface area (Å²) in [5.74, 6) is 0.552. The second-order valence-electron chi connectivity index (χ2n) is 5.09. The fourth-order valence-electron chi connectivity index (χ4n) is 3.31. The number of hydrogen-bond donors (Lipinski definition) is 1. The Kier molecular flexibility index (Phi) is 3.12. The van der Waals surface area contributed by atoms with E-state index in [2.05, 4.69) is 0 Å². The van der Waals surface area contributed by atoms with E-state index in [-0.39, 0.29) is 12.0 Å². The number of fused-ring (bicyclic) bond motifs is 1. The van der Waals surface area contributed by atoms with Gasteiger partial charge in [-0.1, -0.05) is 36.6 Å². The maximum atomic E-state index is 10.1. The molecule has 1 saturated carbocycles. The molecule has 3 rings (SSSR count). The number of aliphatic hydroxyl groups is 1. The van der Waals surface area contributed by atoms with Crippen molar-refractivity contribution in [2.45, 2.75) is 44.0 Å². The molecule has 92 valence electrons. The molecule has 2 aliphatic rings. The highest BCUT2D eigenvalue weighted by atomic mass is 35.5. The molecule has 4 atom stereocenters. The van der Waals surface area contributed by atoms with E-state index in [1.165, 1.54) is 12.8 Å². The topological polar surface area (TPSA) is 29.5 Å². The summed E-state index contributed by atoms with van der Waals surface area (Å²) < 4.78 is 5.68. The van der Waals surface area contributed by atoms with Crippen LogP contribution >= 0.6 is 11.6 Å². The van der Waals surface area contributed by atoms with Gasteiger partial charge >= 0.3 is 0 Å². The molecule has 17 heavy (non-hydrogen) atoms. The summed E-state index contributed by atoms with van der Waals surface area (Å²) in [5.41, 5.74) is 1.11. The number of ether oxygens (including phenoxy) is 1. The van der Waals surface area contributed by atoms with Crippen LogP contribution in [0.1, 0.15) is 37.2 Å². The summed E-state index contributed by atoms with van der Waals surface area (Å²) in [7, 11) is 0. The van der Waals surface area contributed by atoms with E-state index in [4.69, 9.17) is 16.3 Å². The first kappa shape index (κ1) is 11.5. The van der Waals surface area contributed by atoms with Gasteiger partial charge in [0.1, 0.15) is 0 Å². The molecular weight excluding hydrogens is 236 g/mol. The third kappa shape index (κ3) is 2.10. The minimum atomic E-state index is -0.665. The molecule has 1 saturated heterocycles. The Hall–Kier alpha value is -0.570. The van der Waals surface area contributed by atoms with E-state index >= 15 is 0 Å². The van der Waals surface area contributed by atoms with Gasteiger partial charge in [0, 0.05) is 10.9 Å². The predicted octanol–water partition coefficient (Wildman–Crippen LogP) is 3.33. The Balaban J connectivity index is 1.90. The van der Waals surface area contributed by atoms with E-state index in [9.17, 15) is 5.11 Å². The van der Waals surface area contributed by atoms with E-state index < -0.39 is 6.29 Å². The van der Waals surface area contributed by atoms with Crippen LogP contribution < -0.4 is 0 Å². The molecule has 0 amide bonds. The molecule has 1 aromatic carbocycles. The highest BCUT2D eigenvalue weighted by Crippen LogP contribution is 2.46. The molecule has 0 aromatic heterocycles. The highest BCUT2D eigenvalue weighted by molar-refractivity contribution is 6.30. The Morgan fingerprint density at radius 1 is 1.24 bits per heavy atom. The fourth-order valence-corrected chi connectivity index (χ4v) is 3.50. The van der Waals surface area contributed by atoms with Gasteiger partial charge in [-0.15, -0.1) is 0 Å². The zero-order valence-electron chi connectivity index (χ0n) is 9.68. The quantitative estimate of drug-likeness (QED) is 0.831. The summed E-state index contributed by atoms with van der Waals surface area (Å²) in [4.78, 5) is 0. The Labute approximate surface area is 107 Å². The molecule has 1 heterocycles. The van der Waals surface area contributed by atoms with Crippen LogP contribution in [-0.4, -0.2) is 17.5 Å². The van der Waals surface area contributed by atoms with Crippen molar-refractivity contribution >= 4 is 11.6 Å². The lowest BCUT2D eigenvalue weighted by Crippen LogP contribution is -2.23. The van der Waals surface area contributed by atoms with Crippen LogP contribution in [0.3, 0.4) is 0 Å². The van der Waals surface area contributed by atoms with E-state index in [1.807, 2.05) is 24.3 Å². The molecule has 0 spiro atoms. The summed E-state index contributed by atoms with van der Waals surface area (Å²) in [6, 6.07) is 7.81. The summed E-state index contributed by atoms with van der Waals surface area (Å²) in [6.45, 7) is 0. The van der Waals surface area contributed by atoms with Crippen LogP contribution in [-0.2, 0) is 4.74 Å². The smallest absolute Gasteiger partial charge is 0.162 e. The maximum Gasteiger partial charge on any atom is 0.162 e. The van der Waals surface area contributed by atoms with Crippen molar-refractivity contribution in [1.29, 1.82) is 0 Å². The third-order valence-corrected chi connectivity index (χ3v) is 4.31. The van der Waals surface area contributed by atoms with Gasteiger partial charge in [0.15, 0.2) is 6.29 Å². The molecule has 2 nitrogen and oxygen atoms in total. The van der Waals surface area contributed by atoms with Crippen molar-refractivity contribution in [2.24, 2.45) is 5.92 Å². The molecule has 2 fully saturated rings. The number of rotatable bonds is 1. The lowest BCUT2D eigenvalue weighted by Gasteiger charge is -2.27. The molecule has 0 bridgehead atoms. The molecule has 0 radical (unpaired) electrons. The first-order valence-corrected chi connectivity index (χ1v) is 6.72. The average Bonchev–Trinajstić information content (AvgIpc) is 2.64. The van der Waals surface area contributed by atoms with Gasteiger partial charge < -0.3 is 9.84 Å². The van der Waals surface area contributed by atoms with Crippen LogP contribution in [0.2, 0.25) is 5.02 Å². The Morgan fingerprint density at radius 2 is 2.06 bits per heavy atom. The lowest BCUT2D eigenvalue weighted by atomic mass is 9.77. The first-order chi connectivity index (χ1) is 8.25. The van der Waals surface area contributed by atoms with Crippen molar-refractivity contribution < 1.29 is 9.84 Å². The van der Waals surface area contributed by atoms with Crippen molar-refractivity contribution in [1.82, 2.24) is 0 Å². The van der Waals surface area contributed by atoms with Gasteiger partial charge in [-0.2, -0.15) is 0 Å². The Morgan fingerprint density at radius 3 is 2.88 bits per heavy atom. The fraction of sp³-hybridized carbons (Fsp3) is 0.571. The molecular formula is C14H17ClO2. The van der Waals surface area contributed by atoms with Crippen LogP contribution in [0.25, 0.3) is 0 Å². The first-order valence-electron chi connectivity index (χ1n) is 6.35. The van der Waals surface area contributed by atoms with Gasteiger partial charge in [0.25, 0.3) is 0 Å². The van der Waals surface area contributed by atoms with Crippen molar-refractivity contribution in [2.75, 3.05) is 0 Å². The maximum absolute atomic E-state index is 10.1. The summed E-state index contributed by atoms with van der Waals surface area (Å²) in [6.07, 6.45) is 4.27. The molecule has 1 aromatic rings. The van der Waals surface area contributed by atoms with Crippen LogP contribution in [0.15, 0.2) is 24.3 Å². The predicted molar refractivity (Wildman–Crippen MR) is 67.0 cm³/mol. The Bertz CT molecular complexity index is 407. The lowest BCUT2D eigenvalue weighted by molar-refractivity contribution is -0.101. The molecule has 0 unspecified atom stereocenters. The van der Waals surface area contributed by atoms with Crippen LogP contribution in [0.4, 0.5) is 0 Å². The van der Waals surface area contributed by atoms with E-state index in [0.717, 1.165) is 23.4 Å². The molecule has 1 aliphatic carbocycles. The minimum Gasteiger partial charge on any atom is -0.367 e. The third-order valence-electron chi connectivity index (χ3n) is 4.07. The molecule has 3 heteroatoms. The number of aliphatic hydroxyl groups excluding tert-OH is 1. The van der Waals surface area contributed by atoms with E-state index in [1.54, 1.807) is 0 Å². The normalized spacial score (nSPS) is 36.8. The average molecular weight is 253 g/mol. The van der Waals surface area contributed by atoms with Gasteiger partial charge in [-0.3, -0.25) is 0 Å². The van der Waals surface area contributed by atoms with Crippen molar-refractivity contribution in [3.63, 3.8) is 0 Å². The zero-order valence-corrected chi connectivity index (χ0v) is 10.4. The number of halogens is 1. The van der Waals surface area contributed by atoms with Crippen LogP contribution in [0.5, 0.6) is 0 Å². The zero-order chi connectivity index (χ0) is 11.8. The number of benzene rings is 1. The second-order valence-corrected chi connectivity index (χ2v) is 5.53. The molecule has 1 N–H and O–H groups in total.